The Morgan fingerprint density at radius 1 is 1.50 bits per heavy atom. The van der Waals surface area contributed by atoms with Crippen LogP contribution in [-0.4, -0.2) is 70.2 Å². The number of hydrogen-bond donors (Lipinski definition) is 0. The summed E-state index contributed by atoms with van der Waals surface area (Å²) < 4.78 is 29.4. The number of hydrogen-bond acceptors (Lipinski definition) is 5. The fourth-order valence-electron chi connectivity index (χ4n) is 2.74. The smallest absolute Gasteiger partial charge is 0.309 e. The number of piperidine rings is 1. The van der Waals surface area contributed by atoms with E-state index in [1.165, 1.54) is 13.4 Å². The van der Waals surface area contributed by atoms with Gasteiger partial charge >= 0.3 is 5.97 Å². The van der Waals surface area contributed by atoms with Gasteiger partial charge in [-0.3, -0.25) is 4.79 Å². The van der Waals surface area contributed by atoms with Gasteiger partial charge in [0.25, 0.3) is 0 Å². The molecule has 1 fully saturated rings. The van der Waals surface area contributed by atoms with Crippen molar-refractivity contribution in [1.29, 1.82) is 0 Å². The standard InChI is InChI=1S/C13H26N2O4S/c1-11(13(16)19-3)8-14(2)9-12-6-5-7-15(10-12)20(4,17)18/h11-12H,5-10H2,1-4H3. The molecule has 2 atom stereocenters. The lowest BCUT2D eigenvalue weighted by atomic mass is 9.99. The van der Waals surface area contributed by atoms with Gasteiger partial charge in [-0.1, -0.05) is 6.92 Å². The average molecular weight is 306 g/mol. The third-order valence-corrected chi connectivity index (χ3v) is 4.98. The van der Waals surface area contributed by atoms with Crippen LogP contribution in [0, 0.1) is 11.8 Å². The van der Waals surface area contributed by atoms with E-state index in [-0.39, 0.29) is 11.9 Å². The molecule has 0 aromatic rings. The summed E-state index contributed by atoms with van der Waals surface area (Å²) in [5.41, 5.74) is 0. The predicted octanol–water partition coefficient (Wildman–Crippen LogP) is 0.399. The van der Waals surface area contributed by atoms with Crippen LogP contribution in [-0.2, 0) is 19.6 Å². The van der Waals surface area contributed by atoms with Crippen LogP contribution in [0.2, 0.25) is 0 Å². The Morgan fingerprint density at radius 3 is 2.70 bits per heavy atom. The molecule has 1 aliphatic heterocycles. The van der Waals surface area contributed by atoms with E-state index in [0.29, 0.717) is 25.6 Å². The molecule has 1 heterocycles. The highest BCUT2D eigenvalue weighted by atomic mass is 32.2. The number of carbonyl (C=O) groups is 1. The van der Waals surface area contributed by atoms with E-state index < -0.39 is 10.0 Å². The normalized spacial score (nSPS) is 22.8. The molecule has 0 aliphatic carbocycles. The highest BCUT2D eigenvalue weighted by Crippen LogP contribution is 2.19. The van der Waals surface area contributed by atoms with Gasteiger partial charge in [0.05, 0.1) is 19.3 Å². The Kier molecular flexibility index (Phi) is 6.42. The molecule has 6 nitrogen and oxygen atoms in total. The maximum absolute atomic E-state index is 11.6. The lowest BCUT2D eigenvalue weighted by Gasteiger charge is -2.33. The first-order valence-corrected chi connectivity index (χ1v) is 8.80. The van der Waals surface area contributed by atoms with E-state index in [0.717, 1.165) is 19.4 Å². The zero-order valence-electron chi connectivity index (χ0n) is 12.8. The molecule has 0 aromatic carbocycles. The summed E-state index contributed by atoms with van der Waals surface area (Å²) >= 11 is 0. The maximum Gasteiger partial charge on any atom is 0.309 e. The summed E-state index contributed by atoms with van der Waals surface area (Å²) in [5.74, 6) is -0.0498. The molecule has 0 bridgehead atoms. The fraction of sp³-hybridized carbons (Fsp3) is 0.923. The van der Waals surface area contributed by atoms with Crippen molar-refractivity contribution >= 4 is 16.0 Å². The molecule has 0 spiro atoms. The number of rotatable bonds is 6. The maximum atomic E-state index is 11.6. The lowest BCUT2D eigenvalue weighted by molar-refractivity contribution is -0.145. The molecule has 118 valence electrons. The van der Waals surface area contributed by atoms with Crippen molar-refractivity contribution in [2.75, 3.05) is 46.6 Å². The third-order valence-electron chi connectivity index (χ3n) is 3.71. The summed E-state index contributed by atoms with van der Waals surface area (Å²) in [4.78, 5) is 13.5. The van der Waals surface area contributed by atoms with Crippen LogP contribution in [0.3, 0.4) is 0 Å². The minimum atomic E-state index is -3.09. The summed E-state index contributed by atoms with van der Waals surface area (Å²) in [6.45, 7) is 4.47. The first-order valence-electron chi connectivity index (χ1n) is 6.95. The molecule has 0 amide bonds. The summed E-state index contributed by atoms with van der Waals surface area (Å²) in [6, 6.07) is 0. The second-order valence-corrected chi connectivity index (χ2v) is 7.76. The van der Waals surface area contributed by atoms with E-state index in [9.17, 15) is 13.2 Å². The number of ether oxygens (including phenoxy) is 1. The van der Waals surface area contributed by atoms with Gasteiger partial charge in [0.15, 0.2) is 0 Å². The first-order chi connectivity index (χ1) is 9.24. The summed E-state index contributed by atoms with van der Waals surface area (Å²) in [7, 11) is 0.256. The Balaban J connectivity index is 2.45. The highest BCUT2D eigenvalue weighted by molar-refractivity contribution is 7.88. The highest BCUT2D eigenvalue weighted by Gasteiger charge is 2.27. The van der Waals surface area contributed by atoms with Crippen LogP contribution < -0.4 is 0 Å². The van der Waals surface area contributed by atoms with Crippen LogP contribution in [0.4, 0.5) is 0 Å². The SMILES string of the molecule is COC(=O)C(C)CN(C)CC1CCCN(S(C)(=O)=O)C1. The first kappa shape index (κ1) is 17.4. The zero-order valence-corrected chi connectivity index (χ0v) is 13.6. The Bertz CT molecular complexity index is 424. The number of sulfonamides is 1. The Morgan fingerprint density at radius 2 is 2.15 bits per heavy atom. The molecule has 0 aromatic heterocycles. The summed E-state index contributed by atoms with van der Waals surface area (Å²) in [5, 5.41) is 0. The number of nitrogens with zero attached hydrogens (tertiary/aromatic N) is 2. The fourth-order valence-corrected chi connectivity index (χ4v) is 3.68. The van der Waals surface area contributed by atoms with Gasteiger partial charge < -0.3 is 9.64 Å². The van der Waals surface area contributed by atoms with E-state index in [1.807, 2.05) is 14.0 Å². The lowest BCUT2D eigenvalue weighted by Crippen LogP contribution is -2.43. The van der Waals surface area contributed by atoms with Gasteiger partial charge in [0.1, 0.15) is 0 Å². The Labute approximate surface area is 122 Å². The molecule has 0 saturated carbocycles. The molecule has 2 unspecified atom stereocenters. The molecule has 20 heavy (non-hydrogen) atoms. The molecule has 1 aliphatic rings. The van der Waals surface area contributed by atoms with Gasteiger partial charge in [-0.05, 0) is 25.8 Å². The van der Waals surface area contributed by atoms with Crippen molar-refractivity contribution in [3.8, 4) is 0 Å². The van der Waals surface area contributed by atoms with Crippen molar-refractivity contribution in [2.45, 2.75) is 19.8 Å². The van der Waals surface area contributed by atoms with Gasteiger partial charge in [0.2, 0.25) is 10.0 Å². The predicted molar refractivity (Wildman–Crippen MR) is 77.8 cm³/mol. The van der Waals surface area contributed by atoms with Gasteiger partial charge in [-0.25, -0.2) is 12.7 Å². The molecular formula is C13H26N2O4S. The van der Waals surface area contributed by atoms with Crippen molar-refractivity contribution in [3.05, 3.63) is 0 Å². The van der Waals surface area contributed by atoms with E-state index >= 15 is 0 Å². The van der Waals surface area contributed by atoms with Crippen LogP contribution in [0.25, 0.3) is 0 Å². The Hall–Kier alpha value is -0.660. The van der Waals surface area contributed by atoms with Crippen molar-refractivity contribution in [1.82, 2.24) is 9.21 Å². The molecular weight excluding hydrogens is 280 g/mol. The third kappa shape index (κ3) is 5.38. The molecule has 1 saturated heterocycles. The van der Waals surface area contributed by atoms with Crippen molar-refractivity contribution in [3.63, 3.8) is 0 Å². The van der Waals surface area contributed by atoms with Crippen LogP contribution in [0.5, 0.6) is 0 Å². The monoisotopic (exact) mass is 306 g/mol. The molecule has 0 N–H and O–H groups in total. The minimum Gasteiger partial charge on any atom is -0.469 e. The zero-order chi connectivity index (χ0) is 15.3. The largest absolute Gasteiger partial charge is 0.469 e. The molecule has 0 radical (unpaired) electrons. The number of methoxy groups -OCH3 is 1. The number of carbonyl (C=O) groups excluding carboxylic acids is 1. The van der Waals surface area contributed by atoms with E-state index in [2.05, 4.69) is 4.90 Å². The van der Waals surface area contributed by atoms with E-state index in [4.69, 9.17) is 4.74 Å². The minimum absolute atomic E-state index is 0.167. The molecule has 1 rings (SSSR count). The van der Waals surface area contributed by atoms with Crippen molar-refractivity contribution < 1.29 is 17.9 Å². The van der Waals surface area contributed by atoms with E-state index in [1.54, 1.807) is 4.31 Å². The number of esters is 1. The molecule has 7 heteroatoms. The van der Waals surface area contributed by atoms with Gasteiger partial charge in [0, 0.05) is 26.2 Å². The van der Waals surface area contributed by atoms with Gasteiger partial charge in [-0.2, -0.15) is 0 Å². The topological polar surface area (TPSA) is 66.9 Å². The van der Waals surface area contributed by atoms with Crippen LogP contribution >= 0.6 is 0 Å². The second-order valence-electron chi connectivity index (χ2n) is 5.77. The van der Waals surface area contributed by atoms with Crippen molar-refractivity contribution in [2.24, 2.45) is 11.8 Å². The quantitative estimate of drug-likeness (QED) is 0.665. The van der Waals surface area contributed by atoms with Crippen LogP contribution in [0.1, 0.15) is 19.8 Å². The van der Waals surface area contributed by atoms with Gasteiger partial charge in [-0.15, -0.1) is 0 Å². The van der Waals surface area contributed by atoms with Crippen LogP contribution in [0.15, 0.2) is 0 Å². The average Bonchev–Trinajstić information content (AvgIpc) is 2.36. The second kappa shape index (κ2) is 7.38. The summed E-state index contributed by atoms with van der Waals surface area (Å²) in [6.07, 6.45) is 3.19.